The van der Waals surface area contributed by atoms with Gasteiger partial charge in [-0.15, -0.1) is 0 Å². The van der Waals surface area contributed by atoms with E-state index in [1.54, 1.807) is 24.3 Å². The average Bonchev–Trinajstić information content (AvgIpc) is 2.53. The maximum atomic E-state index is 11.7. The van der Waals surface area contributed by atoms with Crippen LogP contribution in [0.2, 0.25) is 5.02 Å². The second-order valence-electron chi connectivity index (χ2n) is 4.77. The lowest BCUT2D eigenvalue weighted by Crippen LogP contribution is -2.31. The first-order valence-electron chi connectivity index (χ1n) is 6.92. The van der Waals surface area contributed by atoms with E-state index in [2.05, 4.69) is 10.6 Å². The normalized spacial score (nSPS) is 9.82. The number of nitriles is 1. The standard InChI is InChI=1S/C17H16ClN3O/c18-15-3-1-2-13(10-15)8-9-20-17(22)12-21-16-6-4-14(11-19)5-7-16/h1-7,10,21H,8-9,12H2,(H,20,22). The molecule has 0 bridgehead atoms. The van der Waals surface area contributed by atoms with Gasteiger partial charge in [0, 0.05) is 17.3 Å². The first-order valence-corrected chi connectivity index (χ1v) is 7.30. The highest BCUT2D eigenvalue weighted by Gasteiger charge is 2.01. The van der Waals surface area contributed by atoms with Gasteiger partial charge < -0.3 is 10.6 Å². The fourth-order valence-electron chi connectivity index (χ4n) is 1.95. The van der Waals surface area contributed by atoms with Crippen LogP contribution in [0.1, 0.15) is 11.1 Å². The van der Waals surface area contributed by atoms with E-state index < -0.39 is 0 Å². The van der Waals surface area contributed by atoms with Crippen molar-refractivity contribution in [1.29, 1.82) is 5.26 Å². The van der Waals surface area contributed by atoms with Crippen molar-refractivity contribution in [2.75, 3.05) is 18.4 Å². The monoisotopic (exact) mass is 313 g/mol. The molecular formula is C17H16ClN3O. The zero-order valence-corrected chi connectivity index (χ0v) is 12.7. The molecule has 0 aromatic heterocycles. The number of carbonyl (C=O) groups is 1. The minimum Gasteiger partial charge on any atom is -0.376 e. The molecule has 4 nitrogen and oxygen atoms in total. The number of nitrogens with zero attached hydrogens (tertiary/aromatic N) is 1. The predicted octanol–water partition coefficient (Wildman–Crippen LogP) is 2.98. The molecule has 0 radical (unpaired) electrons. The molecular weight excluding hydrogens is 298 g/mol. The lowest BCUT2D eigenvalue weighted by molar-refractivity contribution is -0.119. The first kappa shape index (κ1) is 15.9. The Morgan fingerprint density at radius 1 is 1.18 bits per heavy atom. The zero-order chi connectivity index (χ0) is 15.8. The summed E-state index contributed by atoms with van der Waals surface area (Å²) in [6, 6.07) is 16.6. The van der Waals surface area contributed by atoms with Gasteiger partial charge in [-0.2, -0.15) is 5.26 Å². The summed E-state index contributed by atoms with van der Waals surface area (Å²) in [6.45, 7) is 0.760. The Kier molecular flexibility index (Phi) is 5.81. The molecule has 0 aliphatic heterocycles. The second kappa shape index (κ2) is 8.06. The molecule has 2 rings (SSSR count). The highest BCUT2D eigenvalue weighted by molar-refractivity contribution is 6.30. The number of rotatable bonds is 6. The van der Waals surface area contributed by atoms with Crippen LogP contribution in [0.4, 0.5) is 5.69 Å². The third-order valence-electron chi connectivity index (χ3n) is 3.09. The van der Waals surface area contributed by atoms with Crippen molar-refractivity contribution < 1.29 is 4.79 Å². The minimum atomic E-state index is -0.0774. The molecule has 0 heterocycles. The van der Waals surface area contributed by atoms with E-state index in [0.29, 0.717) is 17.1 Å². The van der Waals surface area contributed by atoms with Crippen molar-refractivity contribution in [3.8, 4) is 6.07 Å². The van der Waals surface area contributed by atoms with E-state index in [0.717, 1.165) is 17.7 Å². The summed E-state index contributed by atoms with van der Waals surface area (Å²) in [5.74, 6) is -0.0774. The summed E-state index contributed by atoms with van der Waals surface area (Å²) < 4.78 is 0. The van der Waals surface area contributed by atoms with Crippen LogP contribution in [0.25, 0.3) is 0 Å². The minimum absolute atomic E-state index is 0.0774. The lowest BCUT2D eigenvalue weighted by atomic mass is 10.1. The molecule has 112 valence electrons. The summed E-state index contributed by atoms with van der Waals surface area (Å²) in [5, 5.41) is 15.3. The molecule has 22 heavy (non-hydrogen) atoms. The van der Waals surface area contributed by atoms with Gasteiger partial charge in [0.25, 0.3) is 0 Å². The quantitative estimate of drug-likeness (QED) is 0.861. The van der Waals surface area contributed by atoms with Gasteiger partial charge in [-0.05, 0) is 48.4 Å². The lowest BCUT2D eigenvalue weighted by Gasteiger charge is -2.08. The van der Waals surface area contributed by atoms with Crippen molar-refractivity contribution in [2.24, 2.45) is 0 Å². The number of hydrogen-bond donors (Lipinski definition) is 2. The Hall–Kier alpha value is -2.51. The third kappa shape index (κ3) is 5.12. The van der Waals surface area contributed by atoms with Gasteiger partial charge in [-0.3, -0.25) is 4.79 Å². The van der Waals surface area contributed by atoms with Crippen molar-refractivity contribution in [1.82, 2.24) is 5.32 Å². The van der Waals surface area contributed by atoms with Crippen molar-refractivity contribution in [2.45, 2.75) is 6.42 Å². The van der Waals surface area contributed by atoms with E-state index in [1.165, 1.54) is 0 Å². The third-order valence-corrected chi connectivity index (χ3v) is 3.33. The zero-order valence-electron chi connectivity index (χ0n) is 12.0. The molecule has 5 heteroatoms. The molecule has 0 aliphatic carbocycles. The smallest absolute Gasteiger partial charge is 0.239 e. The van der Waals surface area contributed by atoms with Crippen molar-refractivity contribution in [3.05, 3.63) is 64.7 Å². The maximum absolute atomic E-state index is 11.7. The van der Waals surface area contributed by atoms with Crippen molar-refractivity contribution in [3.63, 3.8) is 0 Å². The molecule has 0 atom stereocenters. The Labute approximate surface area is 134 Å². The van der Waals surface area contributed by atoms with Crippen molar-refractivity contribution >= 4 is 23.2 Å². The van der Waals surface area contributed by atoms with Gasteiger partial charge in [0.05, 0.1) is 18.2 Å². The summed E-state index contributed by atoms with van der Waals surface area (Å²) in [6.07, 6.45) is 0.739. The molecule has 2 aromatic carbocycles. The Balaban J connectivity index is 1.70. The molecule has 2 aromatic rings. The number of halogens is 1. The number of carbonyl (C=O) groups excluding carboxylic acids is 1. The van der Waals surface area contributed by atoms with Crippen LogP contribution < -0.4 is 10.6 Å². The number of hydrogen-bond acceptors (Lipinski definition) is 3. The largest absolute Gasteiger partial charge is 0.376 e. The molecule has 0 fully saturated rings. The van der Waals surface area contributed by atoms with Crippen LogP contribution >= 0.6 is 11.6 Å². The van der Waals surface area contributed by atoms with E-state index in [1.807, 2.05) is 30.3 Å². The summed E-state index contributed by atoms with van der Waals surface area (Å²) in [5.41, 5.74) is 2.49. The van der Waals surface area contributed by atoms with Gasteiger partial charge in [-0.25, -0.2) is 0 Å². The van der Waals surface area contributed by atoms with Gasteiger partial charge in [0.15, 0.2) is 0 Å². The van der Waals surface area contributed by atoms with Crippen LogP contribution in [0.3, 0.4) is 0 Å². The topological polar surface area (TPSA) is 64.9 Å². The van der Waals surface area contributed by atoms with Crippen LogP contribution in [0.5, 0.6) is 0 Å². The van der Waals surface area contributed by atoms with E-state index >= 15 is 0 Å². The van der Waals surface area contributed by atoms with E-state index in [-0.39, 0.29) is 12.5 Å². The Bertz CT molecular complexity index is 677. The van der Waals surface area contributed by atoms with Gasteiger partial charge in [-0.1, -0.05) is 23.7 Å². The SMILES string of the molecule is N#Cc1ccc(NCC(=O)NCCc2cccc(Cl)c2)cc1. The number of amides is 1. The second-order valence-corrected chi connectivity index (χ2v) is 5.21. The maximum Gasteiger partial charge on any atom is 0.239 e. The first-order chi connectivity index (χ1) is 10.7. The van der Waals surface area contributed by atoms with Gasteiger partial charge in [0.2, 0.25) is 5.91 Å². The van der Waals surface area contributed by atoms with Crippen LogP contribution in [-0.2, 0) is 11.2 Å². The molecule has 0 unspecified atom stereocenters. The predicted molar refractivity (Wildman–Crippen MR) is 87.8 cm³/mol. The molecule has 1 amide bonds. The fraction of sp³-hybridized carbons (Fsp3) is 0.176. The molecule has 0 aliphatic rings. The molecule has 0 saturated heterocycles. The Morgan fingerprint density at radius 3 is 2.64 bits per heavy atom. The number of benzene rings is 2. The number of anilines is 1. The number of nitrogens with one attached hydrogen (secondary N) is 2. The summed E-state index contributed by atoms with van der Waals surface area (Å²) in [4.78, 5) is 11.7. The molecule has 0 spiro atoms. The van der Waals surface area contributed by atoms with Crippen LogP contribution in [0.15, 0.2) is 48.5 Å². The fourth-order valence-corrected chi connectivity index (χ4v) is 2.16. The van der Waals surface area contributed by atoms with E-state index in [4.69, 9.17) is 16.9 Å². The summed E-state index contributed by atoms with van der Waals surface area (Å²) in [7, 11) is 0. The van der Waals surface area contributed by atoms with Gasteiger partial charge >= 0.3 is 0 Å². The highest BCUT2D eigenvalue weighted by atomic mass is 35.5. The van der Waals surface area contributed by atoms with Crippen LogP contribution in [-0.4, -0.2) is 19.0 Å². The Morgan fingerprint density at radius 2 is 1.95 bits per heavy atom. The molecule has 2 N–H and O–H groups in total. The average molecular weight is 314 g/mol. The van der Waals surface area contributed by atoms with Gasteiger partial charge in [0.1, 0.15) is 0 Å². The molecule has 0 saturated carbocycles. The summed E-state index contributed by atoms with van der Waals surface area (Å²) >= 11 is 5.91. The van der Waals surface area contributed by atoms with E-state index in [9.17, 15) is 4.79 Å². The van der Waals surface area contributed by atoms with Crippen LogP contribution in [0, 0.1) is 11.3 Å². The highest BCUT2D eigenvalue weighted by Crippen LogP contribution is 2.10.